The van der Waals surface area contributed by atoms with Gasteiger partial charge in [-0.1, -0.05) is 0 Å². The average molecular weight is 225 g/mol. The number of aryl methyl sites for hydroxylation is 1. The van der Waals surface area contributed by atoms with E-state index in [0.29, 0.717) is 11.4 Å². The second-order valence-corrected chi connectivity index (χ2v) is 3.43. The van der Waals surface area contributed by atoms with Crippen molar-refractivity contribution in [2.45, 2.75) is 26.6 Å². The molecule has 1 aromatic heterocycles. The Morgan fingerprint density at radius 3 is 2.81 bits per heavy atom. The van der Waals surface area contributed by atoms with Crippen molar-refractivity contribution in [2.75, 3.05) is 7.11 Å². The lowest BCUT2D eigenvalue weighted by Gasteiger charge is -2.09. The number of aromatic nitrogens is 1. The summed E-state index contributed by atoms with van der Waals surface area (Å²) in [7, 11) is 1.57. The van der Waals surface area contributed by atoms with Gasteiger partial charge in [-0.2, -0.15) is 0 Å². The van der Waals surface area contributed by atoms with E-state index in [4.69, 9.17) is 14.6 Å². The first-order valence-corrected chi connectivity index (χ1v) is 4.89. The summed E-state index contributed by atoms with van der Waals surface area (Å²) in [5.74, 6) is -0.298. The minimum absolute atomic E-state index is 0.158. The van der Waals surface area contributed by atoms with Gasteiger partial charge in [-0.05, 0) is 13.8 Å². The number of methoxy groups -OCH3 is 1. The van der Waals surface area contributed by atoms with Crippen LogP contribution in [0.5, 0.6) is 5.75 Å². The normalized spacial score (nSPS) is 12.2. The predicted octanol–water partition coefficient (Wildman–Crippen LogP) is 1.39. The van der Waals surface area contributed by atoms with E-state index in [1.165, 1.54) is 6.92 Å². The smallest absolute Gasteiger partial charge is 0.332 e. The molecule has 1 heterocycles. The summed E-state index contributed by atoms with van der Waals surface area (Å²) in [5, 5.41) is 8.65. The molecule has 1 aromatic rings. The average Bonchev–Trinajstić information content (AvgIpc) is 2.24. The molecule has 0 saturated carbocycles. The van der Waals surface area contributed by atoms with Crippen LogP contribution < -0.4 is 4.74 Å². The van der Waals surface area contributed by atoms with Crippen LogP contribution in [-0.2, 0) is 16.1 Å². The van der Waals surface area contributed by atoms with Gasteiger partial charge >= 0.3 is 5.97 Å². The minimum Gasteiger partial charge on any atom is -0.497 e. The largest absolute Gasteiger partial charge is 0.497 e. The third-order valence-corrected chi connectivity index (χ3v) is 2.04. The van der Waals surface area contributed by atoms with Crippen LogP contribution in [0.25, 0.3) is 0 Å². The number of nitrogens with zero attached hydrogens (tertiary/aromatic N) is 1. The van der Waals surface area contributed by atoms with Gasteiger partial charge in [0.2, 0.25) is 0 Å². The molecule has 0 unspecified atom stereocenters. The number of hydrogen-bond donors (Lipinski definition) is 1. The molecule has 0 saturated heterocycles. The van der Waals surface area contributed by atoms with Crippen LogP contribution in [0, 0.1) is 6.92 Å². The Morgan fingerprint density at radius 2 is 2.25 bits per heavy atom. The van der Waals surface area contributed by atoms with Crippen molar-refractivity contribution < 1.29 is 19.4 Å². The minimum atomic E-state index is -0.986. The van der Waals surface area contributed by atoms with Gasteiger partial charge in [-0.25, -0.2) is 4.79 Å². The molecule has 0 fully saturated rings. The molecular weight excluding hydrogens is 210 g/mol. The molecule has 1 rings (SSSR count). The van der Waals surface area contributed by atoms with E-state index in [0.717, 1.165) is 5.69 Å². The van der Waals surface area contributed by atoms with Gasteiger partial charge in [0.05, 0.1) is 19.4 Å². The molecular formula is C11H15NO4. The van der Waals surface area contributed by atoms with E-state index in [2.05, 4.69) is 4.98 Å². The number of carbonyl (C=O) groups is 1. The number of aliphatic carboxylic acids is 1. The fraction of sp³-hybridized carbons (Fsp3) is 0.455. The lowest BCUT2D eigenvalue weighted by molar-refractivity contribution is -0.149. The summed E-state index contributed by atoms with van der Waals surface area (Å²) in [6.45, 7) is 3.48. The Kier molecular flexibility index (Phi) is 4.25. The van der Waals surface area contributed by atoms with Crippen molar-refractivity contribution in [2.24, 2.45) is 0 Å². The summed E-state index contributed by atoms with van der Waals surface area (Å²) >= 11 is 0. The molecule has 1 N–H and O–H groups in total. The van der Waals surface area contributed by atoms with Gasteiger partial charge < -0.3 is 14.6 Å². The Balaban J connectivity index is 2.66. The molecule has 0 spiro atoms. The molecule has 0 aliphatic carbocycles. The van der Waals surface area contributed by atoms with Crippen LogP contribution >= 0.6 is 0 Å². The van der Waals surface area contributed by atoms with Crippen LogP contribution in [0.1, 0.15) is 18.3 Å². The highest BCUT2D eigenvalue weighted by molar-refractivity contribution is 5.71. The fourth-order valence-corrected chi connectivity index (χ4v) is 1.18. The summed E-state index contributed by atoms with van der Waals surface area (Å²) in [6, 6.07) is 3.52. The maximum Gasteiger partial charge on any atom is 0.332 e. The van der Waals surface area contributed by atoms with E-state index in [1.54, 1.807) is 19.2 Å². The SMILES string of the molecule is COc1cc(C)nc(CO[C@@H](C)C(=O)O)c1. The fourth-order valence-electron chi connectivity index (χ4n) is 1.18. The van der Waals surface area contributed by atoms with Crippen LogP contribution in [0.15, 0.2) is 12.1 Å². The zero-order valence-electron chi connectivity index (χ0n) is 9.56. The molecule has 0 radical (unpaired) electrons. The Hall–Kier alpha value is -1.62. The highest BCUT2D eigenvalue weighted by atomic mass is 16.5. The molecule has 5 heteroatoms. The zero-order chi connectivity index (χ0) is 12.1. The maximum atomic E-state index is 10.5. The second-order valence-electron chi connectivity index (χ2n) is 3.43. The van der Waals surface area contributed by atoms with Crippen molar-refractivity contribution in [3.05, 3.63) is 23.5 Å². The van der Waals surface area contributed by atoms with E-state index in [9.17, 15) is 4.79 Å². The number of hydrogen-bond acceptors (Lipinski definition) is 4. The van der Waals surface area contributed by atoms with Gasteiger partial charge in [0.1, 0.15) is 5.75 Å². The number of carboxylic acids is 1. The quantitative estimate of drug-likeness (QED) is 0.820. The first-order valence-electron chi connectivity index (χ1n) is 4.89. The van der Waals surface area contributed by atoms with Crippen molar-refractivity contribution in [1.82, 2.24) is 4.98 Å². The lowest BCUT2D eigenvalue weighted by Crippen LogP contribution is -2.19. The van der Waals surface area contributed by atoms with Gasteiger partial charge in [-0.3, -0.25) is 4.98 Å². The summed E-state index contributed by atoms with van der Waals surface area (Å²) in [6.07, 6.45) is -0.840. The second kappa shape index (κ2) is 5.46. The maximum absolute atomic E-state index is 10.5. The van der Waals surface area contributed by atoms with Gasteiger partial charge in [0.15, 0.2) is 6.10 Å². The predicted molar refractivity (Wildman–Crippen MR) is 57.4 cm³/mol. The van der Waals surface area contributed by atoms with Gasteiger partial charge in [-0.15, -0.1) is 0 Å². The van der Waals surface area contributed by atoms with E-state index in [-0.39, 0.29) is 6.61 Å². The molecule has 0 amide bonds. The summed E-state index contributed by atoms with van der Waals surface area (Å²) in [5.41, 5.74) is 1.46. The summed E-state index contributed by atoms with van der Waals surface area (Å²) < 4.78 is 10.2. The van der Waals surface area contributed by atoms with Crippen molar-refractivity contribution in [3.8, 4) is 5.75 Å². The highest BCUT2D eigenvalue weighted by Gasteiger charge is 2.11. The topological polar surface area (TPSA) is 68.7 Å². The van der Waals surface area contributed by atoms with Crippen molar-refractivity contribution in [3.63, 3.8) is 0 Å². The van der Waals surface area contributed by atoms with Crippen LogP contribution in [0.4, 0.5) is 0 Å². The Labute approximate surface area is 94.0 Å². The van der Waals surface area contributed by atoms with E-state index >= 15 is 0 Å². The number of rotatable bonds is 5. The zero-order valence-corrected chi connectivity index (χ0v) is 9.56. The molecule has 0 aliphatic heterocycles. The summed E-state index contributed by atoms with van der Waals surface area (Å²) in [4.78, 5) is 14.8. The third-order valence-electron chi connectivity index (χ3n) is 2.04. The molecule has 16 heavy (non-hydrogen) atoms. The molecule has 5 nitrogen and oxygen atoms in total. The molecule has 0 aromatic carbocycles. The first kappa shape index (κ1) is 12.4. The Bertz CT molecular complexity index is 378. The van der Waals surface area contributed by atoms with Crippen LogP contribution in [0.3, 0.4) is 0 Å². The third kappa shape index (κ3) is 3.51. The van der Waals surface area contributed by atoms with Gasteiger partial charge in [0.25, 0.3) is 0 Å². The molecule has 88 valence electrons. The number of ether oxygens (including phenoxy) is 2. The molecule has 0 aliphatic rings. The Morgan fingerprint density at radius 1 is 1.56 bits per heavy atom. The first-order chi connectivity index (χ1) is 7.52. The van der Waals surface area contributed by atoms with Crippen LogP contribution in [-0.4, -0.2) is 29.3 Å². The van der Waals surface area contributed by atoms with Crippen LogP contribution in [0.2, 0.25) is 0 Å². The van der Waals surface area contributed by atoms with Crippen molar-refractivity contribution in [1.29, 1.82) is 0 Å². The van der Waals surface area contributed by atoms with Gasteiger partial charge in [0, 0.05) is 17.8 Å². The standard InChI is InChI=1S/C11H15NO4/c1-7-4-10(15-3)5-9(12-7)6-16-8(2)11(13)14/h4-5,8H,6H2,1-3H3,(H,13,14)/t8-/m0/s1. The highest BCUT2D eigenvalue weighted by Crippen LogP contribution is 2.14. The lowest BCUT2D eigenvalue weighted by atomic mass is 10.3. The van der Waals surface area contributed by atoms with Crippen molar-refractivity contribution >= 4 is 5.97 Å². The molecule has 0 bridgehead atoms. The monoisotopic (exact) mass is 225 g/mol. The molecule has 1 atom stereocenters. The number of pyridine rings is 1. The van der Waals surface area contributed by atoms with E-state index < -0.39 is 12.1 Å². The number of carboxylic acid groups (broad SMARTS) is 1. The van der Waals surface area contributed by atoms with E-state index in [1.807, 2.05) is 6.92 Å².